The van der Waals surface area contributed by atoms with E-state index in [0.29, 0.717) is 22.0 Å². The summed E-state index contributed by atoms with van der Waals surface area (Å²) in [7, 11) is -4.05. The van der Waals surface area contributed by atoms with E-state index in [-0.39, 0.29) is 22.4 Å². The number of benzene rings is 3. The summed E-state index contributed by atoms with van der Waals surface area (Å²) in [6.07, 6.45) is 0. The second-order valence-electron chi connectivity index (χ2n) is 7.27. The highest BCUT2D eigenvalue weighted by Gasteiger charge is 2.27. The Hall–Kier alpha value is -2.43. The monoisotopic (exact) mass is 583 g/mol. The van der Waals surface area contributed by atoms with E-state index in [1.54, 1.807) is 48.5 Å². The first-order chi connectivity index (χ1) is 16.0. The van der Waals surface area contributed by atoms with Crippen LogP contribution in [0.2, 0.25) is 10.0 Å². The molecule has 0 spiro atoms. The second kappa shape index (κ2) is 11.3. The van der Waals surface area contributed by atoms with Crippen LogP contribution < -0.4 is 10.6 Å². The highest BCUT2D eigenvalue weighted by atomic mass is 79.9. The molecule has 2 amide bonds. The molecule has 3 aromatic carbocycles. The molecule has 0 saturated carbocycles. The van der Waals surface area contributed by atoms with Gasteiger partial charge in [0.25, 0.3) is 0 Å². The van der Waals surface area contributed by atoms with Gasteiger partial charge in [0, 0.05) is 39.4 Å². The van der Waals surface area contributed by atoms with Gasteiger partial charge in [-0.1, -0.05) is 51.3 Å². The smallest absolute Gasteiger partial charge is 0.243 e. The van der Waals surface area contributed by atoms with Gasteiger partial charge in [-0.25, -0.2) is 8.42 Å². The van der Waals surface area contributed by atoms with Crippen LogP contribution in [-0.4, -0.2) is 31.1 Å². The summed E-state index contributed by atoms with van der Waals surface area (Å²) in [5.74, 6) is -0.819. The van der Waals surface area contributed by atoms with E-state index >= 15 is 0 Å². The summed E-state index contributed by atoms with van der Waals surface area (Å²) >= 11 is 15.5. The molecule has 0 bridgehead atoms. The largest absolute Gasteiger partial charge is 0.326 e. The van der Waals surface area contributed by atoms with Crippen molar-refractivity contribution in [1.82, 2.24) is 4.31 Å². The Morgan fingerprint density at radius 3 is 2.21 bits per heavy atom. The summed E-state index contributed by atoms with van der Waals surface area (Å²) in [5, 5.41) is 5.99. The standard InChI is InChI=1S/C23H20BrCl2N3O4S/c1-15(30)27-19-3-2-4-20(12-19)28-23(31)14-29(13-16-5-8-18(25)11-22(16)26)34(32,33)21-9-6-17(24)7-10-21/h2-12H,13-14H2,1H3,(H,27,30)(H,28,31). The number of rotatable bonds is 8. The molecule has 0 aliphatic rings. The Labute approximate surface area is 216 Å². The van der Waals surface area contributed by atoms with Gasteiger partial charge >= 0.3 is 0 Å². The molecule has 0 heterocycles. The Balaban J connectivity index is 1.88. The number of nitrogens with one attached hydrogen (secondary N) is 2. The van der Waals surface area contributed by atoms with Crippen molar-refractivity contribution in [2.24, 2.45) is 0 Å². The highest BCUT2D eigenvalue weighted by molar-refractivity contribution is 9.10. The van der Waals surface area contributed by atoms with E-state index < -0.39 is 22.5 Å². The van der Waals surface area contributed by atoms with Crippen molar-refractivity contribution in [1.29, 1.82) is 0 Å². The van der Waals surface area contributed by atoms with E-state index in [1.165, 1.54) is 25.1 Å². The minimum Gasteiger partial charge on any atom is -0.326 e. The van der Waals surface area contributed by atoms with Crippen molar-refractivity contribution in [2.45, 2.75) is 18.4 Å². The van der Waals surface area contributed by atoms with Gasteiger partial charge in [-0.3, -0.25) is 9.59 Å². The van der Waals surface area contributed by atoms with Gasteiger partial charge in [0.15, 0.2) is 0 Å². The van der Waals surface area contributed by atoms with Gasteiger partial charge < -0.3 is 10.6 Å². The molecular weight excluding hydrogens is 565 g/mol. The predicted octanol–water partition coefficient (Wildman–Crippen LogP) is 5.54. The molecule has 0 saturated heterocycles. The number of carbonyl (C=O) groups is 2. The lowest BCUT2D eigenvalue weighted by Crippen LogP contribution is -2.37. The molecule has 0 aromatic heterocycles. The quantitative estimate of drug-likeness (QED) is 0.363. The Morgan fingerprint density at radius 1 is 0.941 bits per heavy atom. The van der Waals surface area contributed by atoms with Gasteiger partial charge in [-0.05, 0) is 60.2 Å². The average molecular weight is 585 g/mol. The van der Waals surface area contributed by atoms with Gasteiger partial charge in [0.1, 0.15) is 0 Å². The number of nitrogens with zero attached hydrogens (tertiary/aromatic N) is 1. The fourth-order valence-corrected chi connectivity index (χ4v) is 5.17. The normalized spacial score (nSPS) is 11.3. The van der Waals surface area contributed by atoms with E-state index in [1.807, 2.05) is 0 Å². The lowest BCUT2D eigenvalue weighted by Gasteiger charge is -2.22. The molecule has 2 N–H and O–H groups in total. The molecule has 3 rings (SSSR count). The van der Waals surface area contributed by atoms with Crippen LogP contribution in [0.25, 0.3) is 0 Å². The zero-order valence-electron chi connectivity index (χ0n) is 17.9. The van der Waals surface area contributed by atoms with Crippen LogP contribution in [0.15, 0.2) is 76.1 Å². The number of halogens is 3. The van der Waals surface area contributed by atoms with Crippen LogP contribution in [0.4, 0.5) is 11.4 Å². The Bertz CT molecular complexity index is 1320. The molecule has 0 atom stereocenters. The van der Waals surface area contributed by atoms with Crippen LogP contribution in [0.5, 0.6) is 0 Å². The third-order valence-corrected chi connectivity index (χ3v) is 7.52. The topological polar surface area (TPSA) is 95.6 Å². The first-order valence-corrected chi connectivity index (χ1v) is 12.9. The molecule has 0 fully saturated rings. The first-order valence-electron chi connectivity index (χ1n) is 9.92. The van der Waals surface area contributed by atoms with Crippen LogP contribution in [-0.2, 0) is 26.2 Å². The summed E-state index contributed by atoms with van der Waals surface area (Å²) in [6.45, 7) is 0.757. The maximum absolute atomic E-state index is 13.4. The third kappa shape index (κ3) is 7.04. The molecule has 178 valence electrons. The highest BCUT2D eigenvalue weighted by Crippen LogP contribution is 2.26. The zero-order chi connectivity index (χ0) is 24.9. The minimum absolute atomic E-state index is 0.0289. The lowest BCUT2D eigenvalue weighted by atomic mass is 10.2. The average Bonchev–Trinajstić information content (AvgIpc) is 2.75. The fourth-order valence-electron chi connectivity index (χ4n) is 3.06. The number of hydrogen-bond acceptors (Lipinski definition) is 4. The number of anilines is 2. The summed E-state index contributed by atoms with van der Waals surface area (Å²) in [5.41, 5.74) is 1.39. The van der Waals surface area contributed by atoms with Crippen LogP contribution in [0, 0.1) is 0 Å². The van der Waals surface area contributed by atoms with Gasteiger partial charge in [0.2, 0.25) is 21.8 Å². The molecule has 0 aliphatic carbocycles. The van der Waals surface area contributed by atoms with Crippen molar-refractivity contribution in [3.63, 3.8) is 0 Å². The van der Waals surface area contributed by atoms with Crippen LogP contribution in [0.1, 0.15) is 12.5 Å². The molecule has 0 aliphatic heterocycles. The van der Waals surface area contributed by atoms with E-state index in [0.717, 1.165) is 8.78 Å². The van der Waals surface area contributed by atoms with E-state index in [2.05, 4.69) is 26.6 Å². The Morgan fingerprint density at radius 2 is 1.59 bits per heavy atom. The van der Waals surface area contributed by atoms with Crippen molar-refractivity contribution in [3.8, 4) is 0 Å². The molecule has 34 heavy (non-hydrogen) atoms. The second-order valence-corrected chi connectivity index (χ2v) is 11.0. The van der Waals surface area contributed by atoms with Crippen LogP contribution in [0.3, 0.4) is 0 Å². The molecular formula is C23H20BrCl2N3O4S. The first kappa shape index (κ1) is 26.2. The van der Waals surface area contributed by atoms with Gasteiger partial charge in [-0.15, -0.1) is 0 Å². The summed E-state index contributed by atoms with van der Waals surface area (Å²) < 4.78 is 28.6. The predicted molar refractivity (Wildman–Crippen MR) is 138 cm³/mol. The third-order valence-electron chi connectivity index (χ3n) is 4.60. The van der Waals surface area contributed by atoms with E-state index in [4.69, 9.17) is 23.2 Å². The lowest BCUT2D eigenvalue weighted by molar-refractivity contribution is -0.116. The van der Waals surface area contributed by atoms with Gasteiger partial charge in [-0.2, -0.15) is 4.31 Å². The number of hydrogen-bond donors (Lipinski definition) is 2. The van der Waals surface area contributed by atoms with E-state index in [9.17, 15) is 18.0 Å². The SMILES string of the molecule is CC(=O)Nc1cccc(NC(=O)CN(Cc2ccc(Cl)cc2Cl)S(=O)(=O)c2ccc(Br)cc2)c1. The minimum atomic E-state index is -4.05. The van der Waals surface area contributed by atoms with Crippen molar-refractivity contribution in [3.05, 3.63) is 86.8 Å². The molecule has 11 heteroatoms. The Kier molecular flexibility index (Phi) is 8.72. The fraction of sp³-hybridized carbons (Fsp3) is 0.130. The van der Waals surface area contributed by atoms with Crippen molar-refractivity contribution < 1.29 is 18.0 Å². The maximum Gasteiger partial charge on any atom is 0.243 e. The molecule has 7 nitrogen and oxygen atoms in total. The van der Waals surface area contributed by atoms with Crippen molar-refractivity contribution >= 4 is 72.3 Å². The number of sulfonamides is 1. The number of carbonyl (C=O) groups excluding carboxylic acids is 2. The zero-order valence-corrected chi connectivity index (χ0v) is 21.8. The maximum atomic E-state index is 13.4. The molecule has 3 aromatic rings. The summed E-state index contributed by atoms with van der Waals surface area (Å²) in [6, 6.07) is 17.4. The molecule has 0 radical (unpaired) electrons. The molecule has 0 unspecified atom stereocenters. The van der Waals surface area contributed by atoms with Gasteiger partial charge in [0.05, 0.1) is 11.4 Å². The van der Waals surface area contributed by atoms with Crippen molar-refractivity contribution in [2.75, 3.05) is 17.2 Å². The van der Waals surface area contributed by atoms with Crippen LogP contribution >= 0.6 is 39.1 Å². The number of amides is 2. The summed E-state index contributed by atoms with van der Waals surface area (Å²) in [4.78, 5) is 24.2.